The molecule has 1 N–H and O–H groups in total. The molecule has 112 valence electrons. The van der Waals surface area contributed by atoms with E-state index in [0.29, 0.717) is 24.6 Å². The molecule has 0 bridgehead atoms. The molecular formula is C16H20N2O2S. The lowest BCUT2D eigenvalue weighted by molar-refractivity contribution is -0.137. The zero-order valence-corrected chi connectivity index (χ0v) is 12.8. The fourth-order valence-corrected chi connectivity index (χ4v) is 4.17. The zero-order chi connectivity index (χ0) is 14.7. The summed E-state index contributed by atoms with van der Waals surface area (Å²) in [5, 5.41) is 3.17. The number of hydrogen-bond donors (Lipinski definition) is 1. The summed E-state index contributed by atoms with van der Waals surface area (Å²) in [6.07, 6.45) is 1.16. The molecule has 2 heterocycles. The van der Waals surface area contributed by atoms with Crippen molar-refractivity contribution in [1.82, 2.24) is 10.2 Å². The summed E-state index contributed by atoms with van der Waals surface area (Å²) >= 11 is 1.92. The molecule has 0 aromatic heterocycles. The van der Waals surface area contributed by atoms with Crippen LogP contribution >= 0.6 is 11.8 Å². The van der Waals surface area contributed by atoms with Crippen LogP contribution < -0.4 is 5.32 Å². The first-order valence-electron chi connectivity index (χ1n) is 7.46. The lowest BCUT2D eigenvalue weighted by Crippen LogP contribution is -2.47. The molecule has 1 aromatic rings. The SMILES string of the molecule is O=C1CC[C@@H](C(=O)N2CCS[C@@H](c3ccccc3)C2)CN1. The van der Waals surface area contributed by atoms with Gasteiger partial charge in [0.05, 0.1) is 5.92 Å². The highest BCUT2D eigenvalue weighted by Crippen LogP contribution is 2.33. The van der Waals surface area contributed by atoms with Crippen molar-refractivity contribution >= 4 is 23.6 Å². The third kappa shape index (κ3) is 3.40. The number of hydrogen-bond acceptors (Lipinski definition) is 3. The molecular weight excluding hydrogens is 284 g/mol. The first kappa shape index (κ1) is 14.4. The Labute approximate surface area is 129 Å². The number of benzene rings is 1. The van der Waals surface area contributed by atoms with Crippen LogP contribution in [0.4, 0.5) is 0 Å². The molecule has 2 aliphatic heterocycles. The number of amides is 2. The van der Waals surface area contributed by atoms with Gasteiger partial charge in [0.1, 0.15) is 0 Å². The van der Waals surface area contributed by atoms with Crippen molar-refractivity contribution in [1.29, 1.82) is 0 Å². The highest BCUT2D eigenvalue weighted by Gasteiger charge is 2.31. The van der Waals surface area contributed by atoms with Crippen molar-refractivity contribution < 1.29 is 9.59 Å². The van der Waals surface area contributed by atoms with Gasteiger partial charge in [0, 0.05) is 37.1 Å². The Morgan fingerprint density at radius 3 is 2.81 bits per heavy atom. The Bertz CT molecular complexity index is 510. The molecule has 0 saturated carbocycles. The Morgan fingerprint density at radius 2 is 2.10 bits per heavy atom. The van der Waals surface area contributed by atoms with Crippen LogP contribution in [0.1, 0.15) is 23.7 Å². The van der Waals surface area contributed by atoms with Gasteiger partial charge in [-0.25, -0.2) is 0 Å². The molecule has 2 fully saturated rings. The van der Waals surface area contributed by atoms with Crippen LogP contribution in [0, 0.1) is 5.92 Å². The summed E-state index contributed by atoms with van der Waals surface area (Å²) in [4.78, 5) is 25.8. The standard InChI is InChI=1S/C16H20N2O2S/c19-15-7-6-13(10-17-15)16(20)18-8-9-21-14(11-18)12-4-2-1-3-5-12/h1-5,13-14H,6-11H2,(H,17,19)/t13-,14-/m1/s1. The number of rotatable bonds is 2. The van der Waals surface area contributed by atoms with E-state index in [0.717, 1.165) is 18.8 Å². The molecule has 3 rings (SSSR count). The molecule has 1 aromatic carbocycles. The molecule has 0 spiro atoms. The minimum absolute atomic E-state index is 0.0396. The monoisotopic (exact) mass is 304 g/mol. The summed E-state index contributed by atoms with van der Waals surface area (Å²) in [5.74, 6) is 1.21. The third-order valence-corrected chi connectivity index (χ3v) is 5.41. The number of thioether (sulfide) groups is 1. The molecule has 2 aliphatic rings. The quantitative estimate of drug-likeness (QED) is 0.907. The predicted molar refractivity (Wildman–Crippen MR) is 84.0 cm³/mol. The molecule has 0 aliphatic carbocycles. The summed E-state index contributed by atoms with van der Waals surface area (Å²) in [5.41, 5.74) is 1.29. The van der Waals surface area contributed by atoms with Crippen LogP contribution in [0.2, 0.25) is 0 Å². The fraction of sp³-hybridized carbons (Fsp3) is 0.500. The molecule has 0 unspecified atom stereocenters. The highest BCUT2D eigenvalue weighted by atomic mass is 32.2. The number of carbonyl (C=O) groups excluding carboxylic acids is 2. The molecule has 2 atom stereocenters. The summed E-state index contributed by atoms with van der Waals surface area (Å²) < 4.78 is 0. The highest BCUT2D eigenvalue weighted by molar-refractivity contribution is 7.99. The Hall–Kier alpha value is -1.49. The Morgan fingerprint density at radius 1 is 1.29 bits per heavy atom. The number of carbonyl (C=O) groups is 2. The second-order valence-electron chi connectivity index (χ2n) is 5.59. The van der Waals surface area contributed by atoms with E-state index in [1.807, 2.05) is 34.9 Å². The van der Waals surface area contributed by atoms with Gasteiger partial charge in [0.25, 0.3) is 0 Å². The van der Waals surface area contributed by atoms with Crippen LogP contribution in [0.5, 0.6) is 0 Å². The number of piperidine rings is 1. The summed E-state index contributed by atoms with van der Waals surface area (Å²) in [7, 11) is 0. The third-order valence-electron chi connectivity index (χ3n) is 4.16. The van der Waals surface area contributed by atoms with E-state index in [1.54, 1.807) is 0 Å². The Kier molecular flexibility index (Phi) is 4.48. The van der Waals surface area contributed by atoms with Gasteiger partial charge in [-0.1, -0.05) is 30.3 Å². The van der Waals surface area contributed by atoms with Gasteiger partial charge < -0.3 is 10.2 Å². The smallest absolute Gasteiger partial charge is 0.227 e. The van der Waals surface area contributed by atoms with Crippen LogP contribution in [0.15, 0.2) is 30.3 Å². The first-order valence-corrected chi connectivity index (χ1v) is 8.51. The van der Waals surface area contributed by atoms with Gasteiger partial charge in [-0.3, -0.25) is 9.59 Å². The second kappa shape index (κ2) is 6.52. The van der Waals surface area contributed by atoms with Crippen molar-refractivity contribution in [3.05, 3.63) is 35.9 Å². The van der Waals surface area contributed by atoms with E-state index in [2.05, 4.69) is 17.4 Å². The van der Waals surface area contributed by atoms with Gasteiger partial charge in [0.15, 0.2) is 0 Å². The van der Waals surface area contributed by atoms with E-state index in [4.69, 9.17) is 0 Å². The molecule has 2 saturated heterocycles. The van der Waals surface area contributed by atoms with Crippen LogP contribution in [0.3, 0.4) is 0 Å². The maximum Gasteiger partial charge on any atom is 0.227 e. The van der Waals surface area contributed by atoms with Gasteiger partial charge in [-0.05, 0) is 12.0 Å². The minimum Gasteiger partial charge on any atom is -0.355 e. The van der Waals surface area contributed by atoms with E-state index < -0.39 is 0 Å². The molecule has 21 heavy (non-hydrogen) atoms. The largest absolute Gasteiger partial charge is 0.355 e. The van der Waals surface area contributed by atoms with Crippen molar-refractivity contribution in [2.45, 2.75) is 18.1 Å². The van der Waals surface area contributed by atoms with Crippen molar-refractivity contribution in [3.63, 3.8) is 0 Å². The lowest BCUT2D eigenvalue weighted by atomic mass is 9.97. The average Bonchev–Trinajstić information content (AvgIpc) is 2.56. The van der Waals surface area contributed by atoms with E-state index in [1.165, 1.54) is 5.56 Å². The normalized spacial score (nSPS) is 26.3. The number of nitrogens with one attached hydrogen (secondary N) is 1. The summed E-state index contributed by atoms with van der Waals surface area (Å²) in [6, 6.07) is 10.4. The van der Waals surface area contributed by atoms with Crippen LogP contribution in [0.25, 0.3) is 0 Å². The predicted octanol–water partition coefficient (Wildman–Crippen LogP) is 1.83. The van der Waals surface area contributed by atoms with Crippen molar-refractivity contribution in [3.8, 4) is 0 Å². The zero-order valence-electron chi connectivity index (χ0n) is 12.0. The number of nitrogens with zero attached hydrogens (tertiary/aromatic N) is 1. The van der Waals surface area contributed by atoms with Gasteiger partial charge in [-0.15, -0.1) is 0 Å². The first-order chi connectivity index (χ1) is 10.2. The maximum absolute atomic E-state index is 12.6. The van der Waals surface area contributed by atoms with E-state index >= 15 is 0 Å². The van der Waals surface area contributed by atoms with Crippen LogP contribution in [-0.2, 0) is 9.59 Å². The molecule has 5 heteroatoms. The van der Waals surface area contributed by atoms with E-state index in [9.17, 15) is 9.59 Å². The average molecular weight is 304 g/mol. The minimum atomic E-state index is -0.0396. The fourth-order valence-electron chi connectivity index (χ4n) is 2.92. The molecule has 2 amide bonds. The van der Waals surface area contributed by atoms with Gasteiger partial charge >= 0.3 is 0 Å². The second-order valence-corrected chi connectivity index (χ2v) is 6.90. The van der Waals surface area contributed by atoms with Crippen LogP contribution in [-0.4, -0.2) is 42.1 Å². The van der Waals surface area contributed by atoms with Crippen molar-refractivity contribution in [2.75, 3.05) is 25.4 Å². The van der Waals surface area contributed by atoms with E-state index in [-0.39, 0.29) is 17.7 Å². The van der Waals surface area contributed by atoms with Crippen molar-refractivity contribution in [2.24, 2.45) is 5.92 Å². The maximum atomic E-state index is 12.6. The summed E-state index contributed by atoms with van der Waals surface area (Å²) in [6.45, 7) is 2.09. The molecule has 4 nitrogen and oxygen atoms in total. The lowest BCUT2D eigenvalue weighted by Gasteiger charge is -2.35. The topological polar surface area (TPSA) is 49.4 Å². The molecule has 0 radical (unpaired) electrons. The van der Waals surface area contributed by atoms with Gasteiger partial charge in [0.2, 0.25) is 11.8 Å². The Balaban J connectivity index is 1.63. The van der Waals surface area contributed by atoms with Gasteiger partial charge in [-0.2, -0.15) is 11.8 Å².